The standard InChI is InChI=1S/C11H8FNO3/c1-6-2-3-7(9(12)4-6)10-8(11(14)15)5-13-16-10/h2-5H,1H3,(H,14,15). The van der Waals surface area contributed by atoms with Crippen molar-refractivity contribution in [2.75, 3.05) is 0 Å². The predicted octanol–water partition coefficient (Wildman–Crippen LogP) is 2.49. The fourth-order valence-electron chi connectivity index (χ4n) is 1.39. The van der Waals surface area contributed by atoms with E-state index in [0.29, 0.717) is 0 Å². The van der Waals surface area contributed by atoms with Crippen LogP contribution in [0.25, 0.3) is 11.3 Å². The second-order valence-corrected chi connectivity index (χ2v) is 3.36. The summed E-state index contributed by atoms with van der Waals surface area (Å²) in [4.78, 5) is 10.8. The fourth-order valence-corrected chi connectivity index (χ4v) is 1.39. The van der Waals surface area contributed by atoms with E-state index in [-0.39, 0.29) is 16.9 Å². The average Bonchev–Trinajstić information content (AvgIpc) is 2.66. The number of benzene rings is 1. The maximum absolute atomic E-state index is 13.6. The van der Waals surface area contributed by atoms with Crippen LogP contribution in [0.1, 0.15) is 15.9 Å². The van der Waals surface area contributed by atoms with Crippen LogP contribution in [0.2, 0.25) is 0 Å². The van der Waals surface area contributed by atoms with Crippen LogP contribution in [0.5, 0.6) is 0 Å². The number of nitrogens with zero attached hydrogens (tertiary/aromatic N) is 1. The number of carboxylic acids is 1. The first kappa shape index (κ1) is 10.4. The van der Waals surface area contributed by atoms with Crippen LogP contribution >= 0.6 is 0 Å². The molecule has 0 aliphatic carbocycles. The molecule has 0 fully saturated rings. The van der Waals surface area contributed by atoms with Crippen molar-refractivity contribution in [3.8, 4) is 11.3 Å². The zero-order valence-corrected chi connectivity index (χ0v) is 8.40. The van der Waals surface area contributed by atoms with E-state index in [1.165, 1.54) is 12.1 Å². The molecule has 1 N–H and O–H groups in total. The second-order valence-electron chi connectivity index (χ2n) is 3.36. The van der Waals surface area contributed by atoms with Crippen LogP contribution in [0.4, 0.5) is 4.39 Å². The summed E-state index contributed by atoms with van der Waals surface area (Å²) in [6.45, 7) is 1.74. The van der Waals surface area contributed by atoms with Gasteiger partial charge in [-0.1, -0.05) is 11.2 Å². The Kier molecular flexibility index (Phi) is 2.44. The summed E-state index contributed by atoms with van der Waals surface area (Å²) >= 11 is 0. The largest absolute Gasteiger partial charge is 0.477 e. The lowest BCUT2D eigenvalue weighted by Crippen LogP contribution is -1.97. The molecule has 0 aliphatic heterocycles. The topological polar surface area (TPSA) is 63.3 Å². The first-order valence-corrected chi connectivity index (χ1v) is 4.54. The highest BCUT2D eigenvalue weighted by Crippen LogP contribution is 2.26. The van der Waals surface area contributed by atoms with E-state index in [2.05, 4.69) is 5.16 Å². The summed E-state index contributed by atoms with van der Waals surface area (Å²) < 4.78 is 18.3. The molecule has 16 heavy (non-hydrogen) atoms. The number of hydrogen-bond donors (Lipinski definition) is 1. The van der Waals surface area contributed by atoms with Gasteiger partial charge in [0.05, 0.1) is 11.8 Å². The van der Waals surface area contributed by atoms with E-state index < -0.39 is 11.8 Å². The van der Waals surface area contributed by atoms with E-state index in [0.717, 1.165) is 11.8 Å². The van der Waals surface area contributed by atoms with Gasteiger partial charge in [0, 0.05) is 0 Å². The summed E-state index contributed by atoms with van der Waals surface area (Å²) in [6, 6.07) is 4.45. The Morgan fingerprint density at radius 3 is 2.88 bits per heavy atom. The Hall–Kier alpha value is -2.17. The third-order valence-corrected chi connectivity index (χ3v) is 2.17. The molecule has 0 amide bonds. The molecule has 0 saturated heterocycles. The third-order valence-electron chi connectivity index (χ3n) is 2.17. The Labute approximate surface area is 90.3 Å². The maximum Gasteiger partial charge on any atom is 0.341 e. The van der Waals surface area contributed by atoms with Gasteiger partial charge in [-0.05, 0) is 24.6 Å². The minimum Gasteiger partial charge on any atom is -0.477 e. The van der Waals surface area contributed by atoms with E-state index >= 15 is 0 Å². The van der Waals surface area contributed by atoms with Gasteiger partial charge in [-0.15, -0.1) is 0 Å². The average molecular weight is 221 g/mol. The van der Waals surface area contributed by atoms with Crippen LogP contribution in [0.3, 0.4) is 0 Å². The van der Waals surface area contributed by atoms with Crippen molar-refractivity contribution in [3.63, 3.8) is 0 Å². The third kappa shape index (κ3) is 1.67. The molecule has 2 rings (SSSR count). The van der Waals surface area contributed by atoms with Crippen LogP contribution in [-0.4, -0.2) is 16.2 Å². The maximum atomic E-state index is 13.6. The summed E-state index contributed by atoms with van der Waals surface area (Å²) in [7, 11) is 0. The number of aryl methyl sites for hydroxylation is 1. The van der Waals surface area contributed by atoms with E-state index in [4.69, 9.17) is 9.63 Å². The molecule has 1 heterocycles. The molecule has 0 spiro atoms. The molecule has 0 radical (unpaired) electrons. The lowest BCUT2D eigenvalue weighted by molar-refractivity contribution is 0.0697. The number of carboxylic acid groups (broad SMARTS) is 1. The predicted molar refractivity (Wildman–Crippen MR) is 53.6 cm³/mol. The number of aromatic carboxylic acids is 1. The Balaban J connectivity index is 2.59. The van der Waals surface area contributed by atoms with Crippen molar-refractivity contribution in [1.82, 2.24) is 5.16 Å². The van der Waals surface area contributed by atoms with E-state index in [1.54, 1.807) is 13.0 Å². The molecule has 0 bridgehead atoms. The molecule has 0 unspecified atom stereocenters. The lowest BCUT2D eigenvalue weighted by Gasteiger charge is -2.00. The van der Waals surface area contributed by atoms with Crippen LogP contribution in [-0.2, 0) is 0 Å². The van der Waals surface area contributed by atoms with Gasteiger partial charge >= 0.3 is 5.97 Å². The highest BCUT2D eigenvalue weighted by Gasteiger charge is 2.19. The van der Waals surface area contributed by atoms with Crippen molar-refractivity contribution in [2.45, 2.75) is 6.92 Å². The normalized spacial score (nSPS) is 10.4. The highest BCUT2D eigenvalue weighted by molar-refractivity contribution is 5.93. The van der Waals surface area contributed by atoms with Gasteiger partial charge in [-0.2, -0.15) is 0 Å². The van der Waals surface area contributed by atoms with Crippen molar-refractivity contribution < 1.29 is 18.8 Å². The molecular weight excluding hydrogens is 213 g/mol. The first-order valence-electron chi connectivity index (χ1n) is 4.54. The highest BCUT2D eigenvalue weighted by atomic mass is 19.1. The summed E-state index contributed by atoms with van der Waals surface area (Å²) in [5.41, 5.74) is 0.695. The molecule has 4 nitrogen and oxygen atoms in total. The molecule has 2 aromatic rings. The molecule has 1 aromatic heterocycles. The van der Waals surface area contributed by atoms with Gasteiger partial charge in [0.25, 0.3) is 0 Å². The molecule has 0 atom stereocenters. The van der Waals surface area contributed by atoms with Gasteiger partial charge in [0.2, 0.25) is 0 Å². The summed E-state index contributed by atoms with van der Waals surface area (Å²) in [5.74, 6) is -1.79. The minimum atomic E-state index is -1.20. The van der Waals surface area contributed by atoms with Gasteiger partial charge in [-0.25, -0.2) is 9.18 Å². The Morgan fingerprint density at radius 1 is 1.50 bits per heavy atom. The lowest BCUT2D eigenvalue weighted by atomic mass is 10.1. The van der Waals surface area contributed by atoms with Crippen LogP contribution in [0.15, 0.2) is 28.9 Å². The smallest absolute Gasteiger partial charge is 0.341 e. The number of carbonyl (C=O) groups is 1. The molecule has 1 aromatic carbocycles. The van der Waals surface area contributed by atoms with Gasteiger partial charge < -0.3 is 9.63 Å². The number of rotatable bonds is 2. The SMILES string of the molecule is Cc1ccc(-c2oncc2C(=O)O)c(F)c1. The van der Waals surface area contributed by atoms with Crippen LogP contribution < -0.4 is 0 Å². The molecule has 0 aliphatic rings. The van der Waals surface area contributed by atoms with Crippen LogP contribution in [0, 0.1) is 12.7 Å². The second kappa shape index (κ2) is 3.77. The van der Waals surface area contributed by atoms with E-state index in [9.17, 15) is 9.18 Å². The van der Waals surface area contributed by atoms with Gasteiger partial charge in [0.1, 0.15) is 11.4 Å². The minimum absolute atomic E-state index is 0.0648. The number of aromatic nitrogens is 1. The Bertz CT molecular complexity index is 548. The van der Waals surface area contributed by atoms with Gasteiger partial charge in [-0.3, -0.25) is 0 Å². The van der Waals surface area contributed by atoms with E-state index in [1.807, 2.05) is 0 Å². The number of halogens is 1. The number of hydrogen-bond acceptors (Lipinski definition) is 3. The van der Waals surface area contributed by atoms with Crippen molar-refractivity contribution in [1.29, 1.82) is 0 Å². The van der Waals surface area contributed by atoms with Crippen molar-refractivity contribution in [2.24, 2.45) is 0 Å². The zero-order chi connectivity index (χ0) is 11.7. The monoisotopic (exact) mass is 221 g/mol. The quantitative estimate of drug-likeness (QED) is 0.846. The van der Waals surface area contributed by atoms with Gasteiger partial charge in [0.15, 0.2) is 5.76 Å². The summed E-state index contributed by atoms with van der Waals surface area (Å²) in [6.07, 6.45) is 1.05. The first-order chi connectivity index (χ1) is 7.59. The molecule has 5 heteroatoms. The molecule has 0 saturated carbocycles. The van der Waals surface area contributed by atoms with Crippen molar-refractivity contribution >= 4 is 5.97 Å². The molecule has 82 valence electrons. The molecular formula is C11H8FNO3. The van der Waals surface area contributed by atoms with Crippen molar-refractivity contribution in [3.05, 3.63) is 41.3 Å². The summed E-state index contributed by atoms with van der Waals surface area (Å²) in [5, 5.41) is 12.2. The zero-order valence-electron chi connectivity index (χ0n) is 8.40. The Morgan fingerprint density at radius 2 is 2.25 bits per heavy atom. The fraction of sp³-hybridized carbons (Fsp3) is 0.0909.